The number of carbonyl (C=O) groups excluding carboxylic acids is 1. The summed E-state index contributed by atoms with van der Waals surface area (Å²) in [5.41, 5.74) is 0.623. The van der Waals surface area contributed by atoms with Gasteiger partial charge in [-0.25, -0.2) is 0 Å². The van der Waals surface area contributed by atoms with Crippen LogP contribution in [0.1, 0.15) is 6.42 Å². The predicted molar refractivity (Wildman–Crippen MR) is 84.5 cm³/mol. The Kier molecular flexibility index (Phi) is 4.68. The Bertz CT molecular complexity index is 680. The molecule has 3 atom stereocenters. The molecule has 2 aliphatic heterocycles. The van der Waals surface area contributed by atoms with Crippen molar-refractivity contribution in [1.82, 2.24) is 4.90 Å². The highest BCUT2D eigenvalue weighted by atomic mass is 35.5. The molecule has 0 spiro atoms. The Morgan fingerprint density at radius 1 is 1.20 bits per heavy atom. The highest BCUT2D eigenvalue weighted by molar-refractivity contribution is 6.30. The number of carbonyl (C=O) groups is 2. The van der Waals surface area contributed by atoms with Gasteiger partial charge in [0.1, 0.15) is 0 Å². The molecule has 2 fully saturated rings. The van der Waals surface area contributed by atoms with E-state index in [0.717, 1.165) is 0 Å². The van der Waals surface area contributed by atoms with Crippen LogP contribution in [0.15, 0.2) is 24.3 Å². The molecule has 1 amide bonds. The van der Waals surface area contributed by atoms with E-state index in [2.05, 4.69) is 0 Å². The van der Waals surface area contributed by atoms with Gasteiger partial charge in [0.25, 0.3) is 0 Å². The van der Waals surface area contributed by atoms with Gasteiger partial charge in [-0.1, -0.05) is 11.6 Å². The second-order valence-electron chi connectivity index (χ2n) is 6.32. The number of alkyl halides is 3. The summed E-state index contributed by atoms with van der Waals surface area (Å²) >= 11 is 5.82. The van der Waals surface area contributed by atoms with Gasteiger partial charge in [0.05, 0.1) is 17.9 Å². The number of carboxylic acids is 1. The second-order valence-corrected chi connectivity index (χ2v) is 6.75. The number of amides is 1. The van der Waals surface area contributed by atoms with Crippen molar-refractivity contribution in [2.24, 2.45) is 11.8 Å². The Labute approximate surface area is 147 Å². The van der Waals surface area contributed by atoms with Gasteiger partial charge in [-0.3, -0.25) is 14.5 Å². The zero-order valence-electron chi connectivity index (χ0n) is 13.0. The molecule has 0 radical (unpaired) electrons. The number of hydrogen-bond donors (Lipinski definition) is 1. The minimum absolute atomic E-state index is 0.273. The summed E-state index contributed by atoms with van der Waals surface area (Å²) < 4.78 is 39.3. The molecule has 0 aromatic heterocycles. The van der Waals surface area contributed by atoms with Gasteiger partial charge in [0, 0.05) is 30.3 Å². The Morgan fingerprint density at radius 3 is 2.36 bits per heavy atom. The maximum Gasteiger partial charge on any atom is 0.393 e. The van der Waals surface area contributed by atoms with E-state index in [0.29, 0.717) is 23.7 Å². The molecule has 25 heavy (non-hydrogen) atoms. The Hall–Kier alpha value is -1.80. The summed E-state index contributed by atoms with van der Waals surface area (Å²) in [5.74, 6) is -5.29. The standard InChI is InChI=1S/C16H16ClF3N2O3/c17-9-1-3-10(4-2-9)22-6-5-13(14(22)23)21-7-11(15(24)25)12(8-21)16(18,19)20/h1-4,11-13H,5-8H2,(H,24,25)/t11-,12-,13?/m1/s1. The molecule has 1 aromatic carbocycles. The first-order valence-corrected chi connectivity index (χ1v) is 8.17. The van der Waals surface area contributed by atoms with Crippen LogP contribution in [0.2, 0.25) is 5.02 Å². The molecule has 1 N–H and O–H groups in total. The Balaban J connectivity index is 1.76. The van der Waals surface area contributed by atoms with Crippen LogP contribution in [-0.2, 0) is 9.59 Å². The van der Waals surface area contributed by atoms with Gasteiger partial charge in [-0.15, -0.1) is 0 Å². The van der Waals surface area contributed by atoms with Crippen LogP contribution in [0.3, 0.4) is 0 Å². The average Bonchev–Trinajstić information content (AvgIpc) is 3.12. The zero-order chi connectivity index (χ0) is 18.4. The van der Waals surface area contributed by atoms with Crippen molar-refractivity contribution in [3.8, 4) is 0 Å². The highest BCUT2D eigenvalue weighted by Crippen LogP contribution is 2.39. The summed E-state index contributed by atoms with van der Waals surface area (Å²) in [6.45, 7) is -0.369. The zero-order valence-corrected chi connectivity index (χ0v) is 13.8. The van der Waals surface area contributed by atoms with Gasteiger partial charge >= 0.3 is 12.1 Å². The van der Waals surface area contributed by atoms with Crippen molar-refractivity contribution in [3.05, 3.63) is 29.3 Å². The third-order valence-corrected chi connectivity index (χ3v) is 5.09. The van der Waals surface area contributed by atoms with Crippen LogP contribution in [0, 0.1) is 11.8 Å². The molecule has 5 nitrogen and oxygen atoms in total. The predicted octanol–water partition coefficient (Wildman–Crippen LogP) is 2.64. The van der Waals surface area contributed by atoms with E-state index in [4.69, 9.17) is 16.7 Å². The molecule has 0 saturated carbocycles. The molecule has 3 rings (SSSR count). The van der Waals surface area contributed by atoms with Crippen LogP contribution in [0.4, 0.5) is 18.9 Å². The van der Waals surface area contributed by atoms with Gasteiger partial charge in [-0.2, -0.15) is 13.2 Å². The molecule has 0 bridgehead atoms. The average molecular weight is 377 g/mol. The molecule has 2 saturated heterocycles. The number of hydrogen-bond acceptors (Lipinski definition) is 3. The maximum atomic E-state index is 13.1. The monoisotopic (exact) mass is 376 g/mol. The lowest BCUT2D eigenvalue weighted by molar-refractivity contribution is -0.188. The quantitative estimate of drug-likeness (QED) is 0.881. The SMILES string of the molecule is O=C(O)[C@@H]1CN(C2CCN(c3ccc(Cl)cc3)C2=O)C[C@H]1C(F)(F)F. The topological polar surface area (TPSA) is 60.9 Å². The van der Waals surface area contributed by atoms with E-state index in [9.17, 15) is 22.8 Å². The van der Waals surface area contributed by atoms with Gasteiger partial charge in [0.15, 0.2) is 0 Å². The first-order chi connectivity index (χ1) is 11.7. The molecule has 1 unspecified atom stereocenters. The van der Waals surface area contributed by atoms with Crippen molar-refractivity contribution in [3.63, 3.8) is 0 Å². The van der Waals surface area contributed by atoms with Crippen LogP contribution in [0.5, 0.6) is 0 Å². The van der Waals surface area contributed by atoms with E-state index in [1.807, 2.05) is 0 Å². The minimum Gasteiger partial charge on any atom is -0.481 e. The van der Waals surface area contributed by atoms with Gasteiger partial charge < -0.3 is 10.0 Å². The first-order valence-electron chi connectivity index (χ1n) is 7.79. The van der Waals surface area contributed by atoms with Crippen LogP contribution >= 0.6 is 11.6 Å². The summed E-state index contributed by atoms with van der Waals surface area (Å²) in [6, 6.07) is 5.88. The third-order valence-electron chi connectivity index (χ3n) is 4.84. The second kappa shape index (κ2) is 6.49. The van der Waals surface area contributed by atoms with Crippen molar-refractivity contribution in [1.29, 1.82) is 0 Å². The number of carboxylic acid groups (broad SMARTS) is 1. The fourth-order valence-corrected chi connectivity index (χ4v) is 3.68. The number of likely N-dealkylation sites (tertiary alicyclic amines) is 1. The summed E-state index contributed by atoms with van der Waals surface area (Å²) in [7, 11) is 0. The molecular weight excluding hydrogens is 361 g/mol. The first kappa shape index (κ1) is 18.0. The summed E-state index contributed by atoms with van der Waals surface area (Å²) in [5, 5.41) is 9.61. The molecule has 0 aliphatic carbocycles. The van der Waals surface area contributed by atoms with Crippen molar-refractivity contribution < 1.29 is 27.9 Å². The van der Waals surface area contributed by atoms with E-state index < -0.39 is 36.6 Å². The van der Waals surface area contributed by atoms with Crippen LogP contribution in [-0.4, -0.2) is 53.7 Å². The largest absolute Gasteiger partial charge is 0.481 e. The maximum absolute atomic E-state index is 13.1. The third kappa shape index (κ3) is 3.46. The molecule has 136 valence electrons. The fraction of sp³-hybridized carbons (Fsp3) is 0.500. The normalized spacial score (nSPS) is 27.9. The van der Waals surface area contributed by atoms with Crippen LogP contribution < -0.4 is 4.90 Å². The highest BCUT2D eigenvalue weighted by Gasteiger charge is 2.55. The summed E-state index contributed by atoms with van der Waals surface area (Å²) in [6.07, 6.45) is -4.24. The van der Waals surface area contributed by atoms with Crippen molar-refractivity contribution in [2.45, 2.75) is 18.6 Å². The van der Waals surface area contributed by atoms with E-state index in [-0.39, 0.29) is 12.5 Å². The number of aliphatic carboxylic acids is 1. The molecule has 9 heteroatoms. The van der Waals surface area contributed by atoms with E-state index in [1.54, 1.807) is 24.3 Å². The van der Waals surface area contributed by atoms with Crippen molar-refractivity contribution >= 4 is 29.2 Å². The number of rotatable bonds is 3. The lowest BCUT2D eigenvalue weighted by atomic mass is 9.96. The Morgan fingerprint density at radius 2 is 1.84 bits per heavy atom. The number of benzene rings is 1. The van der Waals surface area contributed by atoms with Gasteiger partial charge in [-0.05, 0) is 30.7 Å². The lowest BCUT2D eigenvalue weighted by Crippen LogP contribution is -2.41. The van der Waals surface area contributed by atoms with Crippen LogP contribution in [0.25, 0.3) is 0 Å². The number of nitrogens with zero attached hydrogens (tertiary/aromatic N) is 2. The molecule has 1 aromatic rings. The lowest BCUT2D eigenvalue weighted by Gasteiger charge is -2.23. The molecule has 2 heterocycles. The van der Waals surface area contributed by atoms with Gasteiger partial charge in [0.2, 0.25) is 5.91 Å². The molecule has 2 aliphatic rings. The number of halogens is 4. The smallest absolute Gasteiger partial charge is 0.393 e. The van der Waals surface area contributed by atoms with E-state index >= 15 is 0 Å². The molecular formula is C16H16ClF3N2O3. The summed E-state index contributed by atoms with van der Waals surface area (Å²) in [4.78, 5) is 26.7. The van der Waals surface area contributed by atoms with Crippen molar-refractivity contribution in [2.75, 3.05) is 24.5 Å². The fourth-order valence-electron chi connectivity index (χ4n) is 3.55. The minimum atomic E-state index is -4.60. The number of anilines is 1. The van der Waals surface area contributed by atoms with E-state index in [1.165, 1.54) is 9.80 Å².